The lowest BCUT2D eigenvalue weighted by Gasteiger charge is -2.33. The van der Waals surface area contributed by atoms with E-state index in [1.807, 2.05) is 6.07 Å². The van der Waals surface area contributed by atoms with E-state index in [1.165, 1.54) is 24.5 Å². The molecule has 0 bridgehead atoms. The Balaban J connectivity index is 1.85. The molecular weight excluding hydrogens is 285 g/mol. The topological polar surface area (TPSA) is 12.0 Å². The monoisotopic (exact) mass is 303 g/mol. The maximum Gasteiger partial charge on any atom is 0.147 e. The van der Waals surface area contributed by atoms with E-state index in [1.54, 1.807) is 12.1 Å². The highest BCUT2D eigenvalue weighted by molar-refractivity contribution is 6.33. The highest BCUT2D eigenvalue weighted by Gasteiger charge is 2.27. The van der Waals surface area contributed by atoms with Gasteiger partial charge in [-0.25, -0.2) is 4.39 Å². The molecule has 1 fully saturated rings. The fraction of sp³-hybridized carbons (Fsp3) is 0.333. The van der Waals surface area contributed by atoms with Crippen molar-refractivity contribution in [3.05, 3.63) is 64.9 Å². The van der Waals surface area contributed by atoms with E-state index in [4.69, 9.17) is 11.6 Å². The van der Waals surface area contributed by atoms with Gasteiger partial charge < -0.3 is 5.32 Å². The van der Waals surface area contributed by atoms with E-state index in [0.717, 1.165) is 12.8 Å². The van der Waals surface area contributed by atoms with Crippen LogP contribution in [0.3, 0.4) is 0 Å². The second-order valence-corrected chi connectivity index (χ2v) is 6.06. The number of hydrogen-bond donors (Lipinski definition) is 1. The average molecular weight is 304 g/mol. The van der Waals surface area contributed by atoms with E-state index < -0.39 is 0 Å². The lowest BCUT2D eigenvalue weighted by atomic mass is 9.80. The van der Waals surface area contributed by atoms with Crippen molar-refractivity contribution in [3.8, 4) is 0 Å². The van der Waals surface area contributed by atoms with E-state index in [-0.39, 0.29) is 11.9 Å². The van der Waals surface area contributed by atoms with Crippen LogP contribution in [0.1, 0.15) is 37.2 Å². The molecular formula is C18H19ClFN. The van der Waals surface area contributed by atoms with E-state index >= 15 is 0 Å². The van der Waals surface area contributed by atoms with Crippen molar-refractivity contribution in [1.29, 1.82) is 0 Å². The third-order valence-electron chi connectivity index (χ3n) is 4.29. The van der Waals surface area contributed by atoms with Crippen LogP contribution in [-0.2, 0) is 0 Å². The second kappa shape index (κ2) is 6.48. The van der Waals surface area contributed by atoms with Crippen molar-refractivity contribution in [1.82, 2.24) is 0 Å². The molecule has 1 N–H and O–H groups in total. The van der Waals surface area contributed by atoms with Crippen LogP contribution in [0.5, 0.6) is 0 Å². The molecule has 0 spiro atoms. The highest BCUT2D eigenvalue weighted by atomic mass is 35.5. The smallest absolute Gasteiger partial charge is 0.147 e. The quantitative estimate of drug-likeness (QED) is 0.776. The first-order valence-corrected chi connectivity index (χ1v) is 7.89. The first-order valence-electron chi connectivity index (χ1n) is 7.51. The summed E-state index contributed by atoms with van der Waals surface area (Å²) in [5.41, 5.74) is 1.76. The number of hydrogen-bond acceptors (Lipinski definition) is 1. The van der Waals surface area contributed by atoms with Gasteiger partial charge in [-0.1, -0.05) is 60.8 Å². The van der Waals surface area contributed by atoms with Crippen LogP contribution in [0.4, 0.5) is 10.1 Å². The lowest BCUT2D eigenvalue weighted by Crippen LogP contribution is -2.31. The Hall–Kier alpha value is -1.54. The van der Waals surface area contributed by atoms with Crippen LogP contribution in [0.2, 0.25) is 5.02 Å². The standard InChI is InChI=1S/C18H19ClFN/c19-15-10-6-11-16(20)18(15)21-17-12-5-4-9-14(17)13-7-2-1-3-8-13/h1-3,6-8,10-11,14,17,21H,4-5,9,12H2. The highest BCUT2D eigenvalue weighted by Crippen LogP contribution is 2.36. The zero-order chi connectivity index (χ0) is 14.7. The van der Waals surface area contributed by atoms with Gasteiger partial charge in [0.25, 0.3) is 0 Å². The van der Waals surface area contributed by atoms with Crippen molar-refractivity contribution in [2.45, 2.75) is 37.6 Å². The molecule has 0 heterocycles. The SMILES string of the molecule is Fc1cccc(Cl)c1NC1CCCCC1c1ccccc1. The molecule has 0 radical (unpaired) electrons. The summed E-state index contributed by atoms with van der Waals surface area (Å²) in [6.07, 6.45) is 4.58. The summed E-state index contributed by atoms with van der Waals surface area (Å²) >= 11 is 6.14. The zero-order valence-electron chi connectivity index (χ0n) is 11.9. The molecule has 110 valence electrons. The number of rotatable bonds is 3. The van der Waals surface area contributed by atoms with E-state index in [0.29, 0.717) is 16.6 Å². The number of para-hydroxylation sites is 1. The minimum Gasteiger partial charge on any atom is -0.378 e. The van der Waals surface area contributed by atoms with Crippen molar-refractivity contribution in [3.63, 3.8) is 0 Å². The van der Waals surface area contributed by atoms with Gasteiger partial charge in [0.05, 0.1) is 10.7 Å². The molecule has 1 nitrogen and oxygen atoms in total. The first kappa shape index (κ1) is 14.4. The Morgan fingerprint density at radius 3 is 2.48 bits per heavy atom. The molecule has 2 aromatic rings. The summed E-state index contributed by atoms with van der Waals surface area (Å²) in [5.74, 6) is 0.135. The van der Waals surface area contributed by atoms with Gasteiger partial charge in [0.15, 0.2) is 0 Å². The summed E-state index contributed by atoms with van der Waals surface area (Å²) < 4.78 is 14.0. The Morgan fingerprint density at radius 1 is 0.952 bits per heavy atom. The summed E-state index contributed by atoms with van der Waals surface area (Å²) in [6, 6.07) is 15.5. The molecule has 1 aliphatic rings. The van der Waals surface area contributed by atoms with Crippen LogP contribution >= 0.6 is 11.6 Å². The molecule has 0 aliphatic heterocycles. The van der Waals surface area contributed by atoms with Crippen LogP contribution in [0.25, 0.3) is 0 Å². The van der Waals surface area contributed by atoms with Crippen molar-refractivity contribution < 1.29 is 4.39 Å². The molecule has 0 saturated heterocycles. The maximum atomic E-state index is 14.0. The van der Waals surface area contributed by atoms with Crippen LogP contribution in [-0.4, -0.2) is 6.04 Å². The van der Waals surface area contributed by atoms with Gasteiger partial charge >= 0.3 is 0 Å². The second-order valence-electron chi connectivity index (χ2n) is 5.65. The molecule has 2 unspecified atom stereocenters. The summed E-state index contributed by atoms with van der Waals surface area (Å²) in [4.78, 5) is 0. The maximum absolute atomic E-state index is 14.0. The van der Waals surface area contributed by atoms with Crippen molar-refractivity contribution in [2.24, 2.45) is 0 Å². The number of benzene rings is 2. The number of anilines is 1. The Morgan fingerprint density at radius 2 is 1.71 bits per heavy atom. The molecule has 0 aromatic heterocycles. The molecule has 3 rings (SSSR count). The molecule has 3 heteroatoms. The van der Waals surface area contributed by atoms with Gasteiger partial charge in [-0.05, 0) is 30.5 Å². The minimum absolute atomic E-state index is 0.232. The van der Waals surface area contributed by atoms with Gasteiger partial charge in [0.1, 0.15) is 5.82 Å². The van der Waals surface area contributed by atoms with Gasteiger partial charge in [0, 0.05) is 12.0 Å². The van der Waals surface area contributed by atoms with Gasteiger partial charge in [-0.15, -0.1) is 0 Å². The number of halogens is 2. The molecule has 0 amide bonds. The third kappa shape index (κ3) is 3.21. The predicted octanol–water partition coefficient (Wildman–Crippen LogP) is 5.62. The van der Waals surface area contributed by atoms with Crippen molar-refractivity contribution in [2.75, 3.05) is 5.32 Å². The summed E-state index contributed by atoms with van der Waals surface area (Å²) in [6.45, 7) is 0. The fourth-order valence-corrected chi connectivity index (χ4v) is 3.44. The summed E-state index contributed by atoms with van der Waals surface area (Å²) in [5, 5.41) is 3.81. The van der Waals surface area contributed by atoms with Crippen LogP contribution < -0.4 is 5.32 Å². The average Bonchev–Trinajstić information content (AvgIpc) is 2.52. The largest absolute Gasteiger partial charge is 0.378 e. The zero-order valence-corrected chi connectivity index (χ0v) is 12.6. The Kier molecular flexibility index (Phi) is 4.45. The summed E-state index contributed by atoms with van der Waals surface area (Å²) in [7, 11) is 0. The van der Waals surface area contributed by atoms with Gasteiger partial charge in [-0.2, -0.15) is 0 Å². The Labute approximate surface area is 130 Å². The lowest BCUT2D eigenvalue weighted by molar-refractivity contribution is 0.404. The van der Waals surface area contributed by atoms with E-state index in [9.17, 15) is 4.39 Å². The predicted molar refractivity (Wildman–Crippen MR) is 86.5 cm³/mol. The van der Waals surface area contributed by atoms with Crippen LogP contribution in [0.15, 0.2) is 48.5 Å². The van der Waals surface area contributed by atoms with Gasteiger partial charge in [0.2, 0.25) is 0 Å². The molecule has 1 aliphatic carbocycles. The molecule has 1 saturated carbocycles. The Bertz CT molecular complexity index is 579. The first-order chi connectivity index (χ1) is 10.3. The molecule has 2 aromatic carbocycles. The fourth-order valence-electron chi connectivity index (χ4n) is 3.22. The van der Waals surface area contributed by atoms with Crippen molar-refractivity contribution >= 4 is 17.3 Å². The normalized spacial score (nSPS) is 22.0. The third-order valence-corrected chi connectivity index (χ3v) is 4.60. The van der Waals surface area contributed by atoms with E-state index in [2.05, 4.69) is 29.6 Å². The van der Waals surface area contributed by atoms with Gasteiger partial charge in [-0.3, -0.25) is 0 Å². The number of nitrogens with one attached hydrogen (secondary N) is 1. The molecule has 21 heavy (non-hydrogen) atoms. The molecule has 2 atom stereocenters. The minimum atomic E-state index is -0.278. The van der Waals surface area contributed by atoms with Crippen LogP contribution in [0, 0.1) is 5.82 Å².